The van der Waals surface area contributed by atoms with Gasteiger partial charge in [0.15, 0.2) is 11.7 Å². The Morgan fingerprint density at radius 1 is 1.19 bits per heavy atom. The van der Waals surface area contributed by atoms with E-state index in [1.54, 1.807) is 37.3 Å². The number of carbonyl (C=O) groups is 1. The van der Waals surface area contributed by atoms with Crippen LogP contribution in [0.1, 0.15) is 17.9 Å². The molecule has 0 aliphatic carbocycles. The zero-order valence-electron chi connectivity index (χ0n) is 15.3. The topological polar surface area (TPSA) is 55.6 Å². The van der Waals surface area contributed by atoms with Crippen molar-refractivity contribution in [2.24, 2.45) is 0 Å². The lowest BCUT2D eigenvalue weighted by Gasteiger charge is -2.17. The Kier molecular flexibility index (Phi) is 5.86. The van der Waals surface area contributed by atoms with Gasteiger partial charge in [-0.1, -0.05) is 24.3 Å². The van der Waals surface area contributed by atoms with Crippen LogP contribution in [0.2, 0.25) is 0 Å². The minimum absolute atomic E-state index is 0.0172. The molecule has 5 nitrogen and oxygen atoms in total. The van der Waals surface area contributed by atoms with Crippen LogP contribution in [0.3, 0.4) is 0 Å². The maximum Gasteiger partial charge on any atom is 0.223 e. The van der Waals surface area contributed by atoms with Crippen molar-refractivity contribution in [3.8, 4) is 17.1 Å². The summed E-state index contributed by atoms with van der Waals surface area (Å²) in [4.78, 5) is 18.2. The van der Waals surface area contributed by atoms with Gasteiger partial charge in [-0.2, -0.15) is 0 Å². The van der Waals surface area contributed by atoms with Gasteiger partial charge in [-0.25, -0.2) is 9.37 Å². The van der Waals surface area contributed by atoms with Crippen molar-refractivity contribution in [1.29, 1.82) is 0 Å². The molecule has 0 bridgehead atoms. The third kappa shape index (κ3) is 4.73. The number of aryl methyl sites for hydroxylation is 1. The summed E-state index contributed by atoms with van der Waals surface area (Å²) in [6, 6.07) is 13.9. The molecule has 27 heavy (non-hydrogen) atoms. The van der Waals surface area contributed by atoms with Crippen molar-refractivity contribution in [2.45, 2.75) is 19.4 Å². The normalized spacial score (nSPS) is 10.6. The number of halogens is 1. The summed E-state index contributed by atoms with van der Waals surface area (Å²) in [5.74, 6) is 1.18. The van der Waals surface area contributed by atoms with E-state index in [9.17, 15) is 9.18 Å². The highest BCUT2D eigenvalue weighted by atomic mass is 19.1. The third-order valence-corrected chi connectivity index (χ3v) is 4.25. The van der Waals surface area contributed by atoms with E-state index in [0.717, 1.165) is 11.3 Å². The van der Waals surface area contributed by atoms with Crippen LogP contribution in [0.4, 0.5) is 4.39 Å². The molecular weight excluding hydrogens is 347 g/mol. The number of methoxy groups -OCH3 is 1. The fourth-order valence-corrected chi connectivity index (χ4v) is 2.71. The first-order chi connectivity index (χ1) is 13.1. The molecular formula is C21H21FN2O3. The van der Waals surface area contributed by atoms with Crippen LogP contribution in [0, 0.1) is 5.82 Å². The number of hydrogen-bond acceptors (Lipinski definition) is 4. The molecule has 0 saturated heterocycles. The van der Waals surface area contributed by atoms with Crippen LogP contribution in [0.15, 0.2) is 59.1 Å². The highest BCUT2D eigenvalue weighted by molar-refractivity contribution is 5.76. The number of benzene rings is 2. The summed E-state index contributed by atoms with van der Waals surface area (Å²) >= 11 is 0. The van der Waals surface area contributed by atoms with Gasteiger partial charge in [-0.05, 0) is 29.8 Å². The van der Waals surface area contributed by atoms with Crippen molar-refractivity contribution >= 4 is 5.91 Å². The van der Waals surface area contributed by atoms with Gasteiger partial charge in [-0.15, -0.1) is 0 Å². The minimum atomic E-state index is -0.365. The summed E-state index contributed by atoms with van der Waals surface area (Å²) < 4.78 is 24.5. The quantitative estimate of drug-likeness (QED) is 0.631. The van der Waals surface area contributed by atoms with Crippen molar-refractivity contribution < 1.29 is 18.3 Å². The van der Waals surface area contributed by atoms with E-state index >= 15 is 0 Å². The highest BCUT2D eigenvalue weighted by Crippen LogP contribution is 2.23. The number of amides is 1. The van der Waals surface area contributed by atoms with E-state index in [4.69, 9.17) is 9.15 Å². The van der Waals surface area contributed by atoms with Gasteiger partial charge in [-0.3, -0.25) is 4.79 Å². The standard InChI is InChI=1S/C21H21FN2O3/c1-24(14-15-7-9-16(26-2)10-8-15)21(25)12-11-20-23-13-19(27-20)17-5-3-4-6-18(17)22/h3-10,13H,11-12,14H2,1-2H3. The summed E-state index contributed by atoms with van der Waals surface area (Å²) in [7, 11) is 3.37. The van der Waals surface area contributed by atoms with E-state index in [-0.39, 0.29) is 18.1 Å². The number of aromatic nitrogens is 1. The molecule has 0 N–H and O–H groups in total. The van der Waals surface area contributed by atoms with E-state index in [1.165, 1.54) is 12.3 Å². The Hall–Kier alpha value is -3.15. The lowest BCUT2D eigenvalue weighted by molar-refractivity contribution is -0.130. The average molecular weight is 368 g/mol. The number of carbonyl (C=O) groups excluding carboxylic acids is 1. The molecule has 0 fully saturated rings. The maximum atomic E-state index is 13.8. The Labute approximate surface area is 157 Å². The number of nitrogens with zero attached hydrogens (tertiary/aromatic N) is 2. The van der Waals surface area contributed by atoms with Gasteiger partial charge in [0.05, 0.1) is 18.9 Å². The Bertz CT molecular complexity index is 906. The number of oxazole rings is 1. The number of hydrogen-bond donors (Lipinski definition) is 0. The molecule has 1 amide bonds. The monoisotopic (exact) mass is 368 g/mol. The second-order valence-corrected chi connectivity index (χ2v) is 6.20. The first-order valence-electron chi connectivity index (χ1n) is 8.63. The highest BCUT2D eigenvalue weighted by Gasteiger charge is 2.14. The molecule has 0 aliphatic rings. The molecule has 3 rings (SSSR count). The molecule has 1 aromatic heterocycles. The predicted molar refractivity (Wildman–Crippen MR) is 99.7 cm³/mol. The van der Waals surface area contributed by atoms with Gasteiger partial charge in [0.1, 0.15) is 11.6 Å². The SMILES string of the molecule is COc1ccc(CN(C)C(=O)CCc2ncc(-c3ccccc3F)o2)cc1. The molecule has 6 heteroatoms. The van der Waals surface area contributed by atoms with Crippen LogP contribution in [-0.2, 0) is 17.8 Å². The summed E-state index contributed by atoms with van der Waals surface area (Å²) in [5, 5.41) is 0. The predicted octanol–water partition coefficient (Wildman–Crippen LogP) is 4.08. The van der Waals surface area contributed by atoms with Gasteiger partial charge in [0.2, 0.25) is 5.91 Å². The molecule has 0 atom stereocenters. The van der Waals surface area contributed by atoms with Gasteiger partial charge in [0, 0.05) is 26.4 Å². The molecule has 2 aromatic carbocycles. The van der Waals surface area contributed by atoms with E-state index < -0.39 is 0 Å². The fourth-order valence-electron chi connectivity index (χ4n) is 2.71. The maximum absolute atomic E-state index is 13.8. The fraction of sp³-hybridized carbons (Fsp3) is 0.238. The molecule has 0 unspecified atom stereocenters. The van der Waals surface area contributed by atoms with Crippen LogP contribution in [0.25, 0.3) is 11.3 Å². The second-order valence-electron chi connectivity index (χ2n) is 6.20. The zero-order valence-corrected chi connectivity index (χ0v) is 15.3. The van der Waals surface area contributed by atoms with Crippen LogP contribution in [-0.4, -0.2) is 29.9 Å². The largest absolute Gasteiger partial charge is 0.497 e. The molecule has 0 saturated carbocycles. The second kappa shape index (κ2) is 8.49. The van der Waals surface area contributed by atoms with E-state index in [1.807, 2.05) is 24.3 Å². The molecule has 0 spiro atoms. The molecule has 0 radical (unpaired) electrons. The van der Waals surface area contributed by atoms with Crippen molar-refractivity contribution in [3.05, 3.63) is 72.0 Å². The lowest BCUT2D eigenvalue weighted by atomic mass is 10.2. The zero-order chi connectivity index (χ0) is 19.2. The van der Waals surface area contributed by atoms with Crippen LogP contribution >= 0.6 is 0 Å². The van der Waals surface area contributed by atoms with Crippen molar-refractivity contribution in [1.82, 2.24) is 9.88 Å². The molecule has 0 aliphatic heterocycles. The summed E-state index contributed by atoms with van der Waals surface area (Å²) in [6.07, 6.45) is 2.11. The van der Waals surface area contributed by atoms with Crippen molar-refractivity contribution in [2.75, 3.05) is 14.2 Å². The van der Waals surface area contributed by atoms with Gasteiger partial charge in [0.25, 0.3) is 0 Å². The Morgan fingerprint density at radius 3 is 2.63 bits per heavy atom. The van der Waals surface area contributed by atoms with Gasteiger partial charge < -0.3 is 14.1 Å². The van der Waals surface area contributed by atoms with Gasteiger partial charge >= 0.3 is 0 Å². The minimum Gasteiger partial charge on any atom is -0.497 e. The van der Waals surface area contributed by atoms with Crippen LogP contribution in [0.5, 0.6) is 5.75 Å². The Balaban J connectivity index is 1.55. The lowest BCUT2D eigenvalue weighted by Crippen LogP contribution is -2.26. The first kappa shape index (κ1) is 18.6. The van der Waals surface area contributed by atoms with Crippen molar-refractivity contribution in [3.63, 3.8) is 0 Å². The summed E-state index contributed by atoms with van der Waals surface area (Å²) in [5.41, 5.74) is 1.38. The smallest absolute Gasteiger partial charge is 0.223 e. The Morgan fingerprint density at radius 2 is 1.93 bits per heavy atom. The average Bonchev–Trinajstić information content (AvgIpc) is 3.15. The molecule has 3 aromatic rings. The third-order valence-electron chi connectivity index (χ3n) is 4.25. The first-order valence-corrected chi connectivity index (χ1v) is 8.63. The van der Waals surface area contributed by atoms with Crippen LogP contribution < -0.4 is 4.74 Å². The van der Waals surface area contributed by atoms with E-state index in [2.05, 4.69) is 4.98 Å². The summed E-state index contributed by atoms with van der Waals surface area (Å²) in [6.45, 7) is 0.509. The van der Waals surface area contributed by atoms with E-state index in [0.29, 0.717) is 30.2 Å². The molecule has 140 valence electrons. The number of rotatable bonds is 7. The number of ether oxygens (including phenoxy) is 1. The molecule has 1 heterocycles.